The quantitative estimate of drug-likeness (QED) is 0.698. The van der Waals surface area contributed by atoms with Gasteiger partial charge in [0.2, 0.25) is 10.0 Å². The van der Waals surface area contributed by atoms with E-state index in [-0.39, 0.29) is 16.8 Å². The highest BCUT2D eigenvalue weighted by Crippen LogP contribution is 2.27. The number of amides is 1. The Bertz CT molecular complexity index is 758. The van der Waals surface area contributed by atoms with Crippen molar-refractivity contribution in [3.05, 3.63) is 23.2 Å². The smallest absolute Gasteiger partial charge is 0.282 e. The third kappa shape index (κ3) is 5.69. The lowest BCUT2D eigenvalue weighted by molar-refractivity contribution is -0.914. The molecule has 8 heteroatoms. The molecule has 1 saturated heterocycles. The second kappa shape index (κ2) is 10.6. The van der Waals surface area contributed by atoms with E-state index in [2.05, 4.69) is 5.32 Å². The summed E-state index contributed by atoms with van der Waals surface area (Å²) < 4.78 is 26.9. The van der Waals surface area contributed by atoms with Gasteiger partial charge in [-0.05, 0) is 50.8 Å². The van der Waals surface area contributed by atoms with Gasteiger partial charge in [-0.1, -0.05) is 31.9 Å². The van der Waals surface area contributed by atoms with E-state index in [4.69, 9.17) is 11.6 Å². The van der Waals surface area contributed by atoms with Crippen LogP contribution < -0.4 is 10.2 Å². The molecule has 0 aromatic heterocycles. The number of benzene rings is 1. The summed E-state index contributed by atoms with van der Waals surface area (Å²) in [5.41, 5.74) is 0.346. The Morgan fingerprint density at radius 1 is 1.14 bits per heavy atom. The number of carbonyl (C=O) groups is 1. The number of hydrogen-bond donors (Lipinski definition) is 2. The highest BCUT2D eigenvalue weighted by molar-refractivity contribution is 7.89. The van der Waals surface area contributed by atoms with Crippen molar-refractivity contribution in [3.8, 4) is 0 Å². The molecule has 1 aromatic rings. The number of rotatable bonds is 7. The molecule has 2 rings (SSSR count). The molecule has 0 spiro atoms. The molecule has 6 nitrogen and oxygen atoms in total. The monoisotopic (exact) mass is 430 g/mol. The molecular formula is C20H33ClN3O3S+. The number of anilines is 1. The lowest BCUT2D eigenvalue weighted by Gasteiger charge is -2.27. The van der Waals surface area contributed by atoms with Crippen LogP contribution in [0.4, 0.5) is 5.69 Å². The zero-order valence-electron chi connectivity index (χ0n) is 17.1. The number of halogens is 1. The maximum atomic E-state index is 12.8. The van der Waals surface area contributed by atoms with Gasteiger partial charge < -0.3 is 10.2 Å². The predicted octanol–water partition coefficient (Wildman–Crippen LogP) is 2.55. The second-order valence-electron chi connectivity index (χ2n) is 7.37. The molecule has 1 aliphatic rings. The standard InChI is InChI=1S/C20H32ClN3O3S/c1-4-24(5-2)28(26,27)17-11-12-18(21)19(15-17)22-20(25)16(3)23-13-9-7-6-8-10-14-23/h11-12,15-16H,4-10,13-14H2,1-3H3,(H,22,25)/p+1/t16-/m0/s1. The minimum absolute atomic E-state index is 0.130. The average Bonchev–Trinajstić information content (AvgIpc) is 2.63. The number of hydrogen-bond acceptors (Lipinski definition) is 3. The van der Waals surface area contributed by atoms with Crippen LogP contribution in [0.3, 0.4) is 0 Å². The van der Waals surface area contributed by atoms with E-state index in [9.17, 15) is 13.2 Å². The summed E-state index contributed by atoms with van der Waals surface area (Å²) in [5, 5.41) is 3.19. The van der Waals surface area contributed by atoms with E-state index < -0.39 is 10.0 Å². The first-order chi connectivity index (χ1) is 13.3. The van der Waals surface area contributed by atoms with E-state index in [0.717, 1.165) is 25.9 Å². The Morgan fingerprint density at radius 3 is 2.29 bits per heavy atom. The molecule has 1 atom stereocenters. The molecule has 0 aliphatic carbocycles. The Labute approximate surface area is 174 Å². The maximum absolute atomic E-state index is 12.8. The topological polar surface area (TPSA) is 70.9 Å². The summed E-state index contributed by atoms with van der Waals surface area (Å²) >= 11 is 6.25. The van der Waals surface area contributed by atoms with E-state index in [1.807, 2.05) is 6.92 Å². The second-order valence-corrected chi connectivity index (χ2v) is 9.71. The Balaban J connectivity index is 2.17. The first-order valence-corrected chi connectivity index (χ1v) is 12.1. The highest BCUT2D eigenvalue weighted by Gasteiger charge is 2.27. The Hall–Kier alpha value is -1.15. The average molecular weight is 431 g/mol. The third-order valence-corrected chi connectivity index (χ3v) is 7.92. The minimum Gasteiger partial charge on any atom is -0.325 e. The van der Waals surface area contributed by atoms with Crippen molar-refractivity contribution in [1.82, 2.24) is 4.31 Å². The summed E-state index contributed by atoms with van der Waals surface area (Å²) in [5.74, 6) is -0.130. The number of nitrogens with one attached hydrogen (secondary N) is 2. The third-order valence-electron chi connectivity index (χ3n) is 5.54. The summed E-state index contributed by atoms with van der Waals surface area (Å²) in [4.78, 5) is 14.2. The van der Waals surface area contributed by atoms with Gasteiger partial charge in [0, 0.05) is 13.1 Å². The lowest BCUT2D eigenvalue weighted by atomic mass is 10.1. The van der Waals surface area contributed by atoms with Crippen LogP contribution in [-0.4, -0.2) is 50.9 Å². The van der Waals surface area contributed by atoms with E-state index in [1.165, 1.54) is 46.7 Å². The summed E-state index contributed by atoms with van der Waals surface area (Å²) in [6.45, 7) is 8.27. The van der Waals surface area contributed by atoms with Crippen LogP contribution >= 0.6 is 11.6 Å². The summed E-state index contributed by atoms with van der Waals surface area (Å²) in [6, 6.07) is 4.26. The molecule has 0 bridgehead atoms. The molecule has 1 aliphatic heterocycles. The van der Waals surface area contributed by atoms with Gasteiger partial charge in [-0.15, -0.1) is 0 Å². The largest absolute Gasteiger partial charge is 0.325 e. The Morgan fingerprint density at radius 2 is 1.71 bits per heavy atom. The zero-order valence-corrected chi connectivity index (χ0v) is 18.7. The first kappa shape index (κ1) is 23.1. The molecule has 0 radical (unpaired) electrons. The van der Waals surface area contributed by atoms with Gasteiger partial charge >= 0.3 is 0 Å². The van der Waals surface area contributed by atoms with Crippen LogP contribution in [-0.2, 0) is 14.8 Å². The van der Waals surface area contributed by atoms with Gasteiger partial charge in [0.25, 0.3) is 5.91 Å². The number of quaternary nitrogens is 1. The normalized spacial score (nSPS) is 17.8. The van der Waals surface area contributed by atoms with Gasteiger partial charge in [0.15, 0.2) is 6.04 Å². The van der Waals surface area contributed by atoms with Crippen LogP contribution in [0.25, 0.3) is 0 Å². The van der Waals surface area contributed by atoms with Crippen molar-refractivity contribution in [2.45, 2.75) is 63.8 Å². The molecular weight excluding hydrogens is 398 g/mol. The number of likely N-dealkylation sites (tertiary alicyclic amines) is 1. The van der Waals surface area contributed by atoms with Crippen LogP contribution in [0.1, 0.15) is 52.9 Å². The fourth-order valence-electron chi connectivity index (χ4n) is 3.69. The van der Waals surface area contributed by atoms with Crippen molar-refractivity contribution in [2.24, 2.45) is 0 Å². The molecule has 1 aromatic carbocycles. The van der Waals surface area contributed by atoms with Crippen molar-refractivity contribution >= 4 is 33.2 Å². The van der Waals surface area contributed by atoms with E-state index in [1.54, 1.807) is 13.8 Å². The molecule has 1 heterocycles. The SMILES string of the molecule is CCN(CC)S(=O)(=O)c1ccc(Cl)c(NC(=O)[C@H](C)[NH+]2CCCCCCC2)c1. The Kier molecular flexibility index (Phi) is 8.74. The van der Waals surface area contributed by atoms with Gasteiger partial charge in [-0.3, -0.25) is 4.79 Å². The molecule has 1 fully saturated rings. The van der Waals surface area contributed by atoms with Crippen molar-refractivity contribution < 1.29 is 18.1 Å². The number of nitrogens with zero attached hydrogens (tertiary/aromatic N) is 1. The highest BCUT2D eigenvalue weighted by atomic mass is 35.5. The van der Waals surface area contributed by atoms with E-state index >= 15 is 0 Å². The van der Waals surface area contributed by atoms with Crippen LogP contribution in [0, 0.1) is 0 Å². The predicted molar refractivity (Wildman–Crippen MR) is 113 cm³/mol. The summed E-state index contributed by atoms with van der Waals surface area (Å²) in [7, 11) is -3.61. The van der Waals surface area contributed by atoms with Crippen molar-refractivity contribution in [3.63, 3.8) is 0 Å². The molecule has 0 saturated carbocycles. The van der Waals surface area contributed by atoms with Crippen molar-refractivity contribution in [1.29, 1.82) is 0 Å². The van der Waals surface area contributed by atoms with Gasteiger partial charge in [0.1, 0.15) is 0 Å². The van der Waals surface area contributed by atoms with Crippen LogP contribution in [0.5, 0.6) is 0 Å². The fourth-order valence-corrected chi connectivity index (χ4v) is 5.34. The molecule has 2 N–H and O–H groups in total. The van der Waals surface area contributed by atoms with Gasteiger partial charge in [-0.2, -0.15) is 4.31 Å². The molecule has 0 unspecified atom stereocenters. The summed E-state index contributed by atoms with van der Waals surface area (Å²) in [6.07, 6.45) is 5.97. The minimum atomic E-state index is -3.61. The molecule has 158 valence electrons. The fraction of sp³-hybridized carbons (Fsp3) is 0.650. The van der Waals surface area contributed by atoms with Gasteiger partial charge in [0.05, 0.1) is 28.7 Å². The molecule has 1 amide bonds. The maximum Gasteiger partial charge on any atom is 0.282 e. The first-order valence-electron chi connectivity index (χ1n) is 10.3. The van der Waals surface area contributed by atoms with Crippen molar-refractivity contribution in [2.75, 3.05) is 31.5 Å². The number of sulfonamides is 1. The lowest BCUT2D eigenvalue weighted by Crippen LogP contribution is -3.16. The van der Waals surface area contributed by atoms with Crippen LogP contribution in [0.15, 0.2) is 23.1 Å². The van der Waals surface area contributed by atoms with Gasteiger partial charge in [-0.25, -0.2) is 8.42 Å². The van der Waals surface area contributed by atoms with E-state index in [0.29, 0.717) is 23.8 Å². The van der Waals surface area contributed by atoms with Crippen LogP contribution in [0.2, 0.25) is 5.02 Å². The number of carbonyl (C=O) groups excluding carboxylic acids is 1. The molecule has 28 heavy (non-hydrogen) atoms. The zero-order chi connectivity index (χ0) is 20.7.